The van der Waals surface area contributed by atoms with Gasteiger partial charge in [0.1, 0.15) is 0 Å². The minimum Gasteiger partial charge on any atom is -0.280 e. The summed E-state index contributed by atoms with van der Waals surface area (Å²) in [7, 11) is 0. The minimum absolute atomic E-state index is 0.0694. The van der Waals surface area contributed by atoms with Gasteiger partial charge in [-0.05, 0) is 12.8 Å². The predicted molar refractivity (Wildman–Crippen MR) is 47.6 cm³/mol. The van der Waals surface area contributed by atoms with Gasteiger partial charge >= 0.3 is 0 Å². The molecule has 0 saturated heterocycles. The number of nitrogens with zero attached hydrogens (tertiary/aromatic N) is 1. The number of rotatable bonds is 3. The zero-order valence-electron chi connectivity index (χ0n) is 8.26. The molecule has 0 unspecified atom stereocenters. The van der Waals surface area contributed by atoms with E-state index in [1.165, 1.54) is 18.7 Å². The maximum absolute atomic E-state index is 11.0. The lowest BCUT2D eigenvalue weighted by atomic mass is 10.1. The van der Waals surface area contributed by atoms with Crippen molar-refractivity contribution in [3.63, 3.8) is 0 Å². The topological polar surface area (TPSA) is 37.4 Å². The third-order valence-electron chi connectivity index (χ3n) is 1.99. The van der Waals surface area contributed by atoms with Gasteiger partial charge in [-0.1, -0.05) is 13.8 Å². The van der Waals surface area contributed by atoms with Crippen molar-refractivity contribution in [2.45, 2.75) is 46.6 Å². The lowest BCUT2D eigenvalue weighted by Gasteiger charge is -2.26. The summed E-state index contributed by atoms with van der Waals surface area (Å²) < 4.78 is 0. The van der Waals surface area contributed by atoms with Gasteiger partial charge in [0, 0.05) is 19.9 Å². The summed E-state index contributed by atoms with van der Waals surface area (Å²) in [5.74, 6) is -0.313. The average Bonchev–Trinajstić information content (AvgIpc) is 1.98. The van der Waals surface area contributed by atoms with Crippen molar-refractivity contribution >= 4 is 11.8 Å². The van der Waals surface area contributed by atoms with Gasteiger partial charge in [0.15, 0.2) is 0 Å². The third-order valence-corrected chi connectivity index (χ3v) is 1.99. The summed E-state index contributed by atoms with van der Waals surface area (Å²) in [5.41, 5.74) is 0. The third kappa shape index (κ3) is 2.64. The highest BCUT2D eigenvalue weighted by molar-refractivity contribution is 5.93. The van der Waals surface area contributed by atoms with Crippen LogP contribution in [0.3, 0.4) is 0 Å². The zero-order chi connectivity index (χ0) is 9.72. The molecule has 0 aliphatic heterocycles. The van der Waals surface area contributed by atoms with Gasteiger partial charge in [0.05, 0.1) is 0 Å². The zero-order valence-corrected chi connectivity index (χ0v) is 8.26. The molecule has 0 rings (SSSR count). The van der Waals surface area contributed by atoms with Crippen LogP contribution in [-0.4, -0.2) is 22.8 Å². The van der Waals surface area contributed by atoms with E-state index in [-0.39, 0.29) is 17.9 Å². The first kappa shape index (κ1) is 11.1. The summed E-state index contributed by atoms with van der Waals surface area (Å²) in [6.45, 7) is 6.82. The highest BCUT2D eigenvalue weighted by Crippen LogP contribution is 2.08. The summed E-state index contributed by atoms with van der Waals surface area (Å²) in [6.07, 6.45) is 1.66. The predicted octanol–water partition coefficient (Wildman–Crippen LogP) is 1.57. The van der Waals surface area contributed by atoms with Crippen molar-refractivity contribution in [2.75, 3.05) is 0 Å². The highest BCUT2D eigenvalue weighted by Gasteiger charge is 2.21. The Bertz CT molecular complexity index is 159. The van der Waals surface area contributed by atoms with Gasteiger partial charge < -0.3 is 0 Å². The van der Waals surface area contributed by atoms with Crippen LogP contribution in [0.25, 0.3) is 0 Å². The normalized spacial score (nSPS) is 10.1. The van der Waals surface area contributed by atoms with Crippen LogP contribution in [0.15, 0.2) is 0 Å². The number of hydrogen-bond donors (Lipinski definition) is 0. The lowest BCUT2D eigenvalue weighted by Crippen LogP contribution is -2.41. The molecule has 0 aromatic heterocycles. The van der Waals surface area contributed by atoms with Crippen LogP contribution in [0, 0.1) is 0 Å². The number of carbonyl (C=O) groups excluding carboxylic acids is 2. The fourth-order valence-electron chi connectivity index (χ4n) is 1.39. The molecule has 0 aromatic rings. The lowest BCUT2D eigenvalue weighted by molar-refractivity contribution is -0.145. The Morgan fingerprint density at radius 1 is 1.08 bits per heavy atom. The molecular weight excluding hydrogens is 154 g/mol. The molecule has 0 radical (unpaired) electrons. The van der Waals surface area contributed by atoms with Gasteiger partial charge in [-0.3, -0.25) is 14.5 Å². The number of imide groups is 1. The SMILES string of the molecule is CCC(CC)N(C(C)=O)C(C)=O. The Balaban J connectivity index is 4.47. The summed E-state index contributed by atoms with van der Waals surface area (Å²) in [4.78, 5) is 23.4. The largest absolute Gasteiger partial charge is 0.280 e. The molecule has 0 aliphatic rings. The minimum atomic E-state index is -0.156. The standard InChI is InChI=1S/C9H17NO2/c1-5-9(6-2)10(7(3)11)8(4)12/h9H,5-6H2,1-4H3. The Morgan fingerprint density at radius 2 is 1.42 bits per heavy atom. The molecule has 3 nitrogen and oxygen atoms in total. The highest BCUT2D eigenvalue weighted by atomic mass is 16.2. The molecule has 12 heavy (non-hydrogen) atoms. The van der Waals surface area contributed by atoms with E-state index in [9.17, 15) is 9.59 Å². The number of carbonyl (C=O) groups is 2. The maximum Gasteiger partial charge on any atom is 0.226 e. The fourth-order valence-corrected chi connectivity index (χ4v) is 1.39. The molecule has 0 aromatic carbocycles. The first-order chi connectivity index (χ1) is 5.54. The van der Waals surface area contributed by atoms with Crippen molar-refractivity contribution in [1.29, 1.82) is 0 Å². The molecule has 0 spiro atoms. The van der Waals surface area contributed by atoms with Crippen molar-refractivity contribution in [1.82, 2.24) is 4.90 Å². The second kappa shape index (κ2) is 4.91. The molecular formula is C9H17NO2. The van der Waals surface area contributed by atoms with Crippen LogP contribution in [0.4, 0.5) is 0 Å². The molecule has 0 aliphatic carbocycles. The molecule has 3 heteroatoms. The first-order valence-electron chi connectivity index (χ1n) is 4.34. The second-order valence-electron chi connectivity index (χ2n) is 2.88. The summed E-state index contributed by atoms with van der Waals surface area (Å²) in [6, 6.07) is 0.0694. The van der Waals surface area contributed by atoms with E-state index in [0.717, 1.165) is 12.8 Å². The van der Waals surface area contributed by atoms with Crippen molar-refractivity contribution in [3.05, 3.63) is 0 Å². The Hall–Kier alpha value is -0.860. The van der Waals surface area contributed by atoms with E-state index < -0.39 is 0 Å². The number of amides is 2. The van der Waals surface area contributed by atoms with Gasteiger partial charge in [-0.25, -0.2) is 0 Å². The van der Waals surface area contributed by atoms with Crippen molar-refractivity contribution in [3.8, 4) is 0 Å². The first-order valence-corrected chi connectivity index (χ1v) is 4.34. The number of hydrogen-bond acceptors (Lipinski definition) is 2. The van der Waals surface area contributed by atoms with E-state index in [4.69, 9.17) is 0 Å². The average molecular weight is 171 g/mol. The van der Waals surface area contributed by atoms with Gasteiger partial charge in [0.25, 0.3) is 0 Å². The summed E-state index contributed by atoms with van der Waals surface area (Å²) in [5, 5.41) is 0. The van der Waals surface area contributed by atoms with Crippen LogP contribution in [-0.2, 0) is 9.59 Å². The van der Waals surface area contributed by atoms with Crippen LogP contribution >= 0.6 is 0 Å². The Kier molecular flexibility index (Phi) is 4.55. The van der Waals surface area contributed by atoms with Crippen LogP contribution < -0.4 is 0 Å². The molecule has 70 valence electrons. The Morgan fingerprint density at radius 3 is 1.50 bits per heavy atom. The van der Waals surface area contributed by atoms with E-state index in [2.05, 4.69) is 0 Å². The van der Waals surface area contributed by atoms with Crippen molar-refractivity contribution < 1.29 is 9.59 Å². The van der Waals surface area contributed by atoms with E-state index in [0.29, 0.717) is 0 Å². The summed E-state index contributed by atoms with van der Waals surface area (Å²) >= 11 is 0. The molecule has 2 amide bonds. The van der Waals surface area contributed by atoms with Gasteiger partial charge in [-0.2, -0.15) is 0 Å². The van der Waals surface area contributed by atoms with Crippen LogP contribution in [0.2, 0.25) is 0 Å². The molecule has 0 N–H and O–H groups in total. The monoisotopic (exact) mass is 171 g/mol. The van der Waals surface area contributed by atoms with Gasteiger partial charge in [-0.15, -0.1) is 0 Å². The van der Waals surface area contributed by atoms with E-state index in [1.807, 2.05) is 13.8 Å². The van der Waals surface area contributed by atoms with E-state index in [1.54, 1.807) is 0 Å². The molecule has 0 heterocycles. The molecule has 0 saturated carbocycles. The second-order valence-corrected chi connectivity index (χ2v) is 2.88. The van der Waals surface area contributed by atoms with Crippen LogP contribution in [0.5, 0.6) is 0 Å². The van der Waals surface area contributed by atoms with Gasteiger partial charge in [0.2, 0.25) is 11.8 Å². The smallest absolute Gasteiger partial charge is 0.226 e. The quantitative estimate of drug-likeness (QED) is 0.646. The Labute approximate surface area is 73.7 Å². The van der Waals surface area contributed by atoms with Crippen LogP contribution in [0.1, 0.15) is 40.5 Å². The fraction of sp³-hybridized carbons (Fsp3) is 0.778. The maximum atomic E-state index is 11.0. The molecule has 0 atom stereocenters. The van der Waals surface area contributed by atoms with Crippen molar-refractivity contribution in [2.24, 2.45) is 0 Å². The molecule has 0 fully saturated rings. The van der Waals surface area contributed by atoms with E-state index >= 15 is 0 Å². The molecule has 0 bridgehead atoms.